The molecule has 0 saturated carbocycles. The number of aliphatic carboxylic acids is 1. The summed E-state index contributed by atoms with van der Waals surface area (Å²) in [6, 6.07) is 7.34. The van der Waals surface area contributed by atoms with Crippen LogP contribution < -0.4 is 4.90 Å². The first-order valence-electron chi connectivity index (χ1n) is 6.51. The van der Waals surface area contributed by atoms with E-state index in [1.54, 1.807) is 13.0 Å². The molecule has 0 spiro atoms. The molecule has 0 aliphatic rings. The van der Waals surface area contributed by atoms with Gasteiger partial charge in [-0.1, -0.05) is 23.4 Å². The number of aryl methyl sites for hydroxylation is 2. The van der Waals surface area contributed by atoms with Crippen LogP contribution in [0.25, 0.3) is 0 Å². The van der Waals surface area contributed by atoms with Gasteiger partial charge in [-0.3, -0.25) is 9.59 Å². The molecule has 0 unspecified atom stereocenters. The third-order valence-corrected chi connectivity index (χ3v) is 3.18. The molecule has 0 atom stereocenters. The largest absolute Gasteiger partial charge is 0.481 e. The molecule has 1 aromatic carbocycles. The van der Waals surface area contributed by atoms with E-state index in [1.165, 1.54) is 11.1 Å². The Bertz CT molecular complexity index is 663. The van der Waals surface area contributed by atoms with Crippen LogP contribution in [-0.4, -0.2) is 28.7 Å². The van der Waals surface area contributed by atoms with Crippen LogP contribution in [0.1, 0.15) is 28.1 Å². The standard InChI is InChI=1S/C15H16N2O4/c1-10-5-3-4-6-13(10)17(8-7-14(18)19)15(20)12-9-16-21-11(12)2/h3-6,9H,7-8H2,1-2H3,(H,18,19). The number of hydrogen-bond donors (Lipinski definition) is 1. The van der Waals surface area contributed by atoms with Gasteiger partial charge in [0.1, 0.15) is 11.3 Å². The fourth-order valence-electron chi connectivity index (χ4n) is 2.05. The van der Waals surface area contributed by atoms with Crippen LogP contribution in [0.15, 0.2) is 35.0 Å². The number of rotatable bonds is 5. The van der Waals surface area contributed by atoms with Crippen LogP contribution in [0.2, 0.25) is 0 Å². The molecule has 0 aliphatic heterocycles. The zero-order valence-electron chi connectivity index (χ0n) is 11.9. The number of anilines is 1. The number of carbonyl (C=O) groups excluding carboxylic acids is 1. The normalized spacial score (nSPS) is 10.4. The highest BCUT2D eigenvalue weighted by molar-refractivity contribution is 6.07. The average molecular weight is 288 g/mol. The fraction of sp³-hybridized carbons (Fsp3) is 0.267. The zero-order valence-corrected chi connectivity index (χ0v) is 11.9. The second kappa shape index (κ2) is 6.21. The molecule has 0 aliphatic carbocycles. The molecule has 0 bridgehead atoms. The third kappa shape index (κ3) is 3.28. The van der Waals surface area contributed by atoms with E-state index in [4.69, 9.17) is 9.63 Å². The van der Waals surface area contributed by atoms with Crippen molar-refractivity contribution in [1.29, 1.82) is 0 Å². The van der Waals surface area contributed by atoms with E-state index in [-0.39, 0.29) is 18.9 Å². The maximum atomic E-state index is 12.6. The van der Waals surface area contributed by atoms with Gasteiger partial charge in [-0.05, 0) is 25.5 Å². The maximum Gasteiger partial charge on any atom is 0.305 e. The topological polar surface area (TPSA) is 83.6 Å². The summed E-state index contributed by atoms with van der Waals surface area (Å²) >= 11 is 0. The van der Waals surface area contributed by atoms with Crippen LogP contribution in [0, 0.1) is 13.8 Å². The van der Waals surface area contributed by atoms with Crippen molar-refractivity contribution in [3.05, 3.63) is 47.3 Å². The highest BCUT2D eigenvalue weighted by Crippen LogP contribution is 2.23. The number of benzene rings is 1. The number of para-hydroxylation sites is 1. The van der Waals surface area contributed by atoms with E-state index in [9.17, 15) is 9.59 Å². The number of nitrogens with zero attached hydrogens (tertiary/aromatic N) is 2. The molecule has 0 saturated heterocycles. The summed E-state index contributed by atoms with van der Waals surface area (Å²) in [6.45, 7) is 3.61. The van der Waals surface area contributed by atoms with Gasteiger partial charge in [0, 0.05) is 12.2 Å². The minimum absolute atomic E-state index is 0.0869. The lowest BCUT2D eigenvalue weighted by Crippen LogP contribution is -2.33. The average Bonchev–Trinajstić information content (AvgIpc) is 2.86. The van der Waals surface area contributed by atoms with E-state index in [1.807, 2.05) is 25.1 Å². The van der Waals surface area contributed by atoms with Gasteiger partial charge in [-0.25, -0.2) is 0 Å². The van der Waals surface area contributed by atoms with Crippen LogP contribution in [-0.2, 0) is 4.79 Å². The van der Waals surface area contributed by atoms with E-state index in [0.29, 0.717) is 17.0 Å². The number of aromatic nitrogens is 1. The first-order valence-corrected chi connectivity index (χ1v) is 6.51. The molecule has 6 nitrogen and oxygen atoms in total. The van der Waals surface area contributed by atoms with E-state index >= 15 is 0 Å². The smallest absolute Gasteiger partial charge is 0.305 e. The molecule has 2 aromatic rings. The third-order valence-electron chi connectivity index (χ3n) is 3.18. The number of carbonyl (C=O) groups is 2. The number of amides is 1. The predicted molar refractivity (Wildman–Crippen MR) is 76.3 cm³/mol. The van der Waals surface area contributed by atoms with Gasteiger partial charge in [0.15, 0.2) is 0 Å². The molecule has 0 fully saturated rings. The van der Waals surface area contributed by atoms with Crippen LogP contribution in [0.3, 0.4) is 0 Å². The van der Waals surface area contributed by atoms with Crippen molar-refractivity contribution in [2.24, 2.45) is 0 Å². The molecular weight excluding hydrogens is 272 g/mol. The summed E-state index contributed by atoms with van der Waals surface area (Å²) in [6.07, 6.45) is 1.22. The molecule has 1 heterocycles. The second-order valence-electron chi connectivity index (χ2n) is 4.68. The van der Waals surface area contributed by atoms with Crippen molar-refractivity contribution in [1.82, 2.24) is 5.16 Å². The highest BCUT2D eigenvalue weighted by Gasteiger charge is 2.23. The summed E-state index contributed by atoms with van der Waals surface area (Å²) in [5.74, 6) is -0.860. The monoisotopic (exact) mass is 288 g/mol. The Morgan fingerprint density at radius 1 is 1.29 bits per heavy atom. The quantitative estimate of drug-likeness (QED) is 0.913. The lowest BCUT2D eigenvalue weighted by atomic mass is 10.1. The fourth-order valence-corrected chi connectivity index (χ4v) is 2.05. The minimum atomic E-state index is -0.955. The zero-order chi connectivity index (χ0) is 15.4. The van der Waals surface area contributed by atoms with Crippen LogP contribution in [0.5, 0.6) is 0 Å². The van der Waals surface area contributed by atoms with Crippen molar-refractivity contribution < 1.29 is 19.2 Å². The molecule has 6 heteroatoms. The summed E-state index contributed by atoms with van der Waals surface area (Å²) in [5, 5.41) is 12.5. The van der Waals surface area contributed by atoms with Gasteiger partial charge in [0.25, 0.3) is 5.91 Å². The van der Waals surface area contributed by atoms with Crippen molar-refractivity contribution in [3.63, 3.8) is 0 Å². The van der Waals surface area contributed by atoms with E-state index in [2.05, 4.69) is 5.16 Å². The summed E-state index contributed by atoms with van der Waals surface area (Å²) in [5.41, 5.74) is 1.92. The maximum absolute atomic E-state index is 12.6. The van der Waals surface area contributed by atoms with E-state index in [0.717, 1.165) is 5.56 Å². The van der Waals surface area contributed by atoms with Gasteiger partial charge >= 0.3 is 5.97 Å². The lowest BCUT2D eigenvalue weighted by molar-refractivity contribution is -0.136. The SMILES string of the molecule is Cc1ccccc1N(CCC(=O)O)C(=O)c1cnoc1C. The summed E-state index contributed by atoms with van der Waals surface area (Å²) < 4.78 is 4.91. The highest BCUT2D eigenvalue weighted by atomic mass is 16.5. The molecule has 2 rings (SSSR count). The molecule has 0 radical (unpaired) electrons. The first-order chi connectivity index (χ1) is 10.0. The van der Waals surface area contributed by atoms with E-state index < -0.39 is 5.97 Å². The lowest BCUT2D eigenvalue weighted by Gasteiger charge is -2.23. The Morgan fingerprint density at radius 2 is 2.00 bits per heavy atom. The van der Waals surface area contributed by atoms with Gasteiger partial charge in [-0.15, -0.1) is 0 Å². The second-order valence-corrected chi connectivity index (χ2v) is 4.68. The van der Waals surface area contributed by atoms with Gasteiger partial charge < -0.3 is 14.5 Å². The van der Waals surface area contributed by atoms with Crippen molar-refractivity contribution in [2.45, 2.75) is 20.3 Å². The molecule has 1 aromatic heterocycles. The molecule has 110 valence electrons. The van der Waals surface area contributed by atoms with Crippen molar-refractivity contribution in [2.75, 3.05) is 11.4 Å². The molecule has 21 heavy (non-hydrogen) atoms. The molecule has 1 amide bonds. The van der Waals surface area contributed by atoms with Crippen LogP contribution >= 0.6 is 0 Å². The summed E-state index contributed by atoms with van der Waals surface area (Å²) in [4.78, 5) is 24.9. The number of hydrogen-bond acceptors (Lipinski definition) is 4. The van der Waals surface area contributed by atoms with Crippen molar-refractivity contribution in [3.8, 4) is 0 Å². The Balaban J connectivity index is 2.37. The van der Waals surface area contributed by atoms with Gasteiger partial charge in [-0.2, -0.15) is 0 Å². The van der Waals surface area contributed by atoms with Crippen molar-refractivity contribution >= 4 is 17.6 Å². The number of carboxylic acids is 1. The number of carboxylic acid groups (broad SMARTS) is 1. The molecule has 1 N–H and O–H groups in total. The first kappa shape index (κ1) is 14.8. The van der Waals surface area contributed by atoms with Crippen LogP contribution in [0.4, 0.5) is 5.69 Å². The molecular formula is C15H16N2O4. The van der Waals surface area contributed by atoms with Gasteiger partial charge in [0.2, 0.25) is 0 Å². The summed E-state index contributed by atoms with van der Waals surface area (Å²) in [7, 11) is 0. The Hall–Kier alpha value is -2.63. The Morgan fingerprint density at radius 3 is 2.57 bits per heavy atom. The Kier molecular flexibility index (Phi) is 4.37. The minimum Gasteiger partial charge on any atom is -0.481 e. The predicted octanol–water partition coefficient (Wildman–Crippen LogP) is 2.41. The Labute approximate surface area is 122 Å². The van der Waals surface area contributed by atoms with Gasteiger partial charge in [0.05, 0.1) is 12.6 Å².